The molecule has 0 saturated heterocycles. The van der Waals surface area contributed by atoms with Crippen molar-refractivity contribution in [3.8, 4) is 0 Å². The Hall–Kier alpha value is -2.13. The third-order valence-corrected chi connectivity index (χ3v) is 5.85. The number of ether oxygens (including phenoxy) is 1. The summed E-state index contributed by atoms with van der Waals surface area (Å²) in [6.45, 7) is 2.86. The molecule has 0 radical (unpaired) electrons. The van der Waals surface area contributed by atoms with Gasteiger partial charge in [0.1, 0.15) is 5.82 Å². The highest BCUT2D eigenvalue weighted by Gasteiger charge is 2.16. The molecular weight excluding hydrogens is 445 g/mol. The van der Waals surface area contributed by atoms with E-state index in [1.54, 1.807) is 20.1 Å². The summed E-state index contributed by atoms with van der Waals surface area (Å²) in [5.74, 6) is 0.992. The number of nitrogens with one attached hydrogen (secondary N) is 1. The van der Waals surface area contributed by atoms with E-state index in [-0.39, 0.29) is 22.5 Å². The number of carbonyl (C=O) groups excluding carboxylic acids is 1. The van der Waals surface area contributed by atoms with Crippen LogP contribution in [0.4, 0.5) is 5.82 Å². The zero-order chi connectivity index (χ0) is 21.5. The van der Waals surface area contributed by atoms with Crippen molar-refractivity contribution < 1.29 is 9.53 Å². The minimum Gasteiger partial charge on any atom is -0.383 e. The summed E-state index contributed by atoms with van der Waals surface area (Å²) in [6.07, 6.45) is 0.647. The molecule has 3 aromatic rings. The van der Waals surface area contributed by atoms with E-state index in [9.17, 15) is 4.79 Å². The van der Waals surface area contributed by atoms with Gasteiger partial charge in [-0.25, -0.2) is 4.98 Å². The van der Waals surface area contributed by atoms with Crippen molar-refractivity contribution >= 4 is 46.7 Å². The average Bonchev–Trinajstić information content (AvgIpc) is 3.11. The fourth-order valence-electron chi connectivity index (χ4n) is 2.69. The molecule has 0 unspecified atom stereocenters. The quantitative estimate of drug-likeness (QED) is 0.475. The van der Waals surface area contributed by atoms with Gasteiger partial charge >= 0.3 is 0 Å². The molecule has 0 bridgehead atoms. The number of amides is 1. The standard InChI is InChI=1S/C20H21Cl2N5O2S/c1-13-15(21)11-16(22)19(23-13)24-18(28)12-30-20-26-25-17(27(20)8-9-29-2)10-14-6-4-3-5-7-14/h3-7,11H,8-10,12H2,1-2H3,(H,23,24,28). The van der Waals surface area contributed by atoms with E-state index in [0.29, 0.717) is 35.4 Å². The van der Waals surface area contributed by atoms with Gasteiger partial charge in [0, 0.05) is 20.1 Å². The van der Waals surface area contributed by atoms with Crippen LogP contribution in [0.15, 0.2) is 41.6 Å². The van der Waals surface area contributed by atoms with Crippen molar-refractivity contribution in [2.24, 2.45) is 0 Å². The van der Waals surface area contributed by atoms with Gasteiger partial charge < -0.3 is 14.6 Å². The van der Waals surface area contributed by atoms with Gasteiger partial charge in [0.2, 0.25) is 5.91 Å². The first-order valence-electron chi connectivity index (χ1n) is 9.18. The zero-order valence-electron chi connectivity index (χ0n) is 16.6. The summed E-state index contributed by atoms with van der Waals surface area (Å²) in [7, 11) is 1.65. The number of rotatable bonds is 9. The zero-order valence-corrected chi connectivity index (χ0v) is 18.9. The van der Waals surface area contributed by atoms with Gasteiger partial charge in [-0.15, -0.1) is 10.2 Å². The smallest absolute Gasteiger partial charge is 0.236 e. The van der Waals surface area contributed by atoms with E-state index < -0.39 is 0 Å². The summed E-state index contributed by atoms with van der Waals surface area (Å²) < 4.78 is 7.19. The predicted molar refractivity (Wildman–Crippen MR) is 119 cm³/mol. The van der Waals surface area contributed by atoms with Gasteiger partial charge in [-0.1, -0.05) is 65.3 Å². The second kappa shape index (κ2) is 10.8. The third-order valence-electron chi connectivity index (χ3n) is 4.21. The van der Waals surface area contributed by atoms with Crippen LogP contribution in [0.1, 0.15) is 17.1 Å². The Labute approximate surface area is 189 Å². The molecule has 0 atom stereocenters. The minimum atomic E-state index is -0.248. The Morgan fingerprint density at radius 1 is 1.20 bits per heavy atom. The van der Waals surface area contributed by atoms with Crippen molar-refractivity contribution in [3.63, 3.8) is 0 Å². The van der Waals surface area contributed by atoms with Crippen LogP contribution in [0.25, 0.3) is 0 Å². The van der Waals surface area contributed by atoms with Gasteiger partial charge in [0.15, 0.2) is 11.0 Å². The number of pyridine rings is 1. The highest BCUT2D eigenvalue weighted by atomic mass is 35.5. The largest absolute Gasteiger partial charge is 0.383 e. The van der Waals surface area contributed by atoms with Crippen LogP contribution in [-0.2, 0) is 22.5 Å². The van der Waals surface area contributed by atoms with Crippen molar-refractivity contribution in [2.45, 2.75) is 25.0 Å². The highest BCUT2D eigenvalue weighted by molar-refractivity contribution is 7.99. The summed E-state index contributed by atoms with van der Waals surface area (Å²) in [5.41, 5.74) is 1.73. The van der Waals surface area contributed by atoms with E-state index in [2.05, 4.69) is 20.5 Å². The summed E-state index contributed by atoms with van der Waals surface area (Å²) in [5, 5.41) is 12.7. The summed E-state index contributed by atoms with van der Waals surface area (Å²) >= 11 is 13.4. The van der Waals surface area contributed by atoms with Gasteiger partial charge in [0.25, 0.3) is 0 Å². The molecule has 1 amide bonds. The first-order valence-corrected chi connectivity index (χ1v) is 10.9. The molecule has 0 aliphatic rings. The maximum absolute atomic E-state index is 12.4. The molecule has 1 N–H and O–H groups in total. The van der Waals surface area contributed by atoms with E-state index in [4.69, 9.17) is 27.9 Å². The number of nitrogens with zero attached hydrogens (tertiary/aromatic N) is 4. The maximum atomic E-state index is 12.4. The molecule has 2 heterocycles. The molecule has 0 saturated carbocycles. The van der Waals surface area contributed by atoms with Crippen molar-refractivity contribution in [3.05, 3.63) is 63.5 Å². The second-order valence-electron chi connectivity index (χ2n) is 6.43. The van der Waals surface area contributed by atoms with Crippen LogP contribution in [0, 0.1) is 6.92 Å². The highest BCUT2D eigenvalue weighted by Crippen LogP contribution is 2.26. The van der Waals surface area contributed by atoms with Gasteiger partial charge in [0.05, 0.1) is 28.1 Å². The van der Waals surface area contributed by atoms with Gasteiger partial charge in [-0.05, 0) is 18.6 Å². The molecule has 30 heavy (non-hydrogen) atoms. The Kier molecular flexibility index (Phi) is 8.09. The number of aryl methyl sites for hydroxylation is 1. The number of benzene rings is 1. The number of methoxy groups -OCH3 is 1. The molecule has 10 heteroatoms. The summed E-state index contributed by atoms with van der Waals surface area (Å²) in [4.78, 5) is 16.6. The van der Waals surface area contributed by atoms with Crippen molar-refractivity contribution in [1.82, 2.24) is 19.7 Å². The van der Waals surface area contributed by atoms with Gasteiger partial charge in [-0.3, -0.25) is 4.79 Å². The Balaban J connectivity index is 1.68. The first kappa shape index (κ1) is 22.6. The molecule has 0 aliphatic heterocycles. The van der Waals surface area contributed by atoms with Crippen LogP contribution in [0.5, 0.6) is 0 Å². The predicted octanol–water partition coefficient (Wildman–Crippen LogP) is 4.26. The van der Waals surface area contributed by atoms with E-state index >= 15 is 0 Å². The normalized spacial score (nSPS) is 10.9. The molecule has 0 aliphatic carbocycles. The lowest BCUT2D eigenvalue weighted by atomic mass is 10.1. The Morgan fingerprint density at radius 2 is 1.97 bits per heavy atom. The van der Waals surface area contributed by atoms with Crippen LogP contribution in [-0.4, -0.2) is 45.1 Å². The van der Waals surface area contributed by atoms with Crippen LogP contribution >= 0.6 is 35.0 Å². The molecule has 158 valence electrons. The minimum absolute atomic E-state index is 0.135. The van der Waals surface area contributed by atoms with Crippen LogP contribution < -0.4 is 5.32 Å². The SMILES string of the molecule is COCCn1c(Cc2ccccc2)nnc1SCC(=O)Nc1nc(C)c(Cl)cc1Cl. The molecule has 7 nitrogen and oxygen atoms in total. The Bertz CT molecular complexity index is 1010. The molecule has 3 rings (SSSR count). The topological polar surface area (TPSA) is 81.9 Å². The lowest BCUT2D eigenvalue weighted by molar-refractivity contribution is -0.113. The molecule has 1 aromatic carbocycles. The van der Waals surface area contributed by atoms with E-state index in [1.165, 1.54) is 11.8 Å². The van der Waals surface area contributed by atoms with E-state index in [0.717, 1.165) is 11.4 Å². The maximum Gasteiger partial charge on any atom is 0.236 e. The molecule has 2 aromatic heterocycles. The fourth-order valence-corrected chi connectivity index (χ4v) is 3.88. The van der Waals surface area contributed by atoms with Gasteiger partial charge in [-0.2, -0.15) is 0 Å². The molecule has 0 spiro atoms. The van der Waals surface area contributed by atoms with E-state index in [1.807, 2.05) is 34.9 Å². The monoisotopic (exact) mass is 465 g/mol. The number of thioether (sulfide) groups is 1. The van der Waals surface area contributed by atoms with Crippen LogP contribution in [0.2, 0.25) is 10.0 Å². The first-order chi connectivity index (χ1) is 14.5. The lowest BCUT2D eigenvalue weighted by Gasteiger charge is -2.10. The van der Waals surface area contributed by atoms with Crippen molar-refractivity contribution in [2.75, 3.05) is 24.8 Å². The third kappa shape index (κ3) is 5.95. The molecule has 0 fully saturated rings. The summed E-state index contributed by atoms with van der Waals surface area (Å²) in [6, 6.07) is 11.6. The fraction of sp³-hybridized carbons (Fsp3) is 0.300. The van der Waals surface area contributed by atoms with Crippen LogP contribution in [0.3, 0.4) is 0 Å². The second-order valence-corrected chi connectivity index (χ2v) is 8.19. The Morgan fingerprint density at radius 3 is 2.70 bits per heavy atom. The number of aromatic nitrogens is 4. The average molecular weight is 466 g/mol. The number of anilines is 1. The number of halogens is 2. The van der Waals surface area contributed by atoms with Crippen molar-refractivity contribution in [1.29, 1.82) is 0 Å². The lowest BCUT2D eigenvalue weighted by Crippen LogP contribution is -2.17. The number of hydrogen-bond acceptors (Lipinski definition) is 6. The number of carbonyl (C=O) groups is 1. The molecular formula is C20H21Cl2N5O2S. The number of hydrogen-bond donors (Lipinski definition) is 1.